The molecule has 20 heavy (non-hydrogen) atoms. The Morgan fingerprint density at radius 1 is 1.20 bits per heavy atom. The van der Waals surface area contributed by atoms with Crippen LogP contribution in [0.15, 0.2) is 30.3 Å². The first-order valence-electron chi connectivity index (χ1n) is 5.94. The van der Waals surface area contributed by atoms with E-state index in [2.05, 4.69) is 10.1 Å². The van der Waals surface area contributed by atoms with Gasteiger partial charge in [0.1, 0.15) is 13.2 Å². The van der Waals surface area contributed by atoms with Gasteiger partial charge in [0, 0.05) is 0 Å². The summed E-state index contributed by atoms with van der Waals surface area (Å²) < 4.78 is 4.56. The number of carboxylic acids is 1. The van der Waals surface area contributed by atoms with Gasteiger partial charge in [0.05, 0.1) is 6.04 Å². The van der Waals surface area contributed by atoms with Crippen molar-refractivity contribution in [1.82, 2.24) is 10.6 Å². The molecule has 1 unspecified atom stereocenters. The predicted octanol–water partition coefficient (Wildman–Crippen LogP) is 0.675. The zero-order valence-electron chi connectivity index (χ0n) is 11.0. The van der Waals surface area contributed by atoms with Gasteiger partial charge in [-0.1, -0.05) is 30.3 Å². The van der Waals surface area contributed by atoms with Gasteiger partial charge in [0.15, 0.2) is 0 Å². The fraction of sp³-hybridized carbons (Fsp3) is 0.308. The molecule has 0 radical (unpaired) electrons. The third-order valence-corrected chi connectivity index (χ3v) is 2.36. The standard InChI is InChI=1S/C13H16N2O5/c1-9(10-5-3-2-4-6-10)14-13(19)15-11(16)7-20-8-12(17)18/h2-6,9H,7-8H2,1H3,(H,17,18)(H2,14,15,16,19). The van der Waals surface area contributed by atoms with Gasteiger partial charge in [0.2, 0.25) is 0 Å². The van der Waals surface area contributed by atoms with E-state index in [-0.39, 0.29) is 6.04 Å². The van der Waals surface area contributed by atoms with Gasteiger partial charge >= 0.3 is 12.0 Å². The first kappa shape index (κ1) is 15.6. The molecule has 0 saturated carbocycles. The van der Waals surface area contributed by atoms with Crippen molar-refractivity contribution in [3.05, 3.63) is 35.9 Å². The lowest BCUT2D eigenvalue weighted by Crippen LogP contribution is -2.42. The van der Waals surface area contributed by atoms with Gasteiger partial charge in [-0.2, -0.15) is 0 Å². The highest BCUT2D eigenvalue weighted by atomic mass is 16.5. The van der Waals surface area contributed by atoms with Crippen LogP contribution in [0.3, 0.4) is 0 Å². The van der Waals surface area contributed by atoms with Crippen molar-refractivity contribution in [3.8, 4) is 0 Å². The van der Waals surface area contributed by atoms with E-state index in [1.54, 1.807) is 6.92 Å². The van der Waals surface area contributed by atoms with Crippen molar-refractivity contribution < 1.29 is 24.2 Å². The number of carbonyl (C=O) groups is 3. The second kappa shape index (κ2) is 7.90. The van der Waals surface area contributed by atoms with Crippen LogP contribution < -0.4 is 10.6 Å². The predicted molar refractivity (Wildman–Crippen MR) is 70.0 cm³/mol. The summed E-state index contributed by atoms with van der Waals surface area (Å²) in [5.74, 6) is -1.89. The number of carboxylic acid groups (broad SMARTS) is 1. The summed E-state index contributed by atoms with van der Waals surface area (Å²) in [6, 6.07) is 8.33. The molecule has 0 aliphatic carbocycles. The summed E-state index contributed by atoms with van der Waals surface area (Å²) >= 11 is 0. The zero-order chi connectivity index (χ0) is 15.0. The van der Waals surface area contributed by atoms with Gasteiger partial charge in [-0.15, -0.1) is 0 Å². The van der Waals surface area contributed by atoms with Crippen molar-refractivity contribution in [2.24, 2.45) is 0 Å². The molecule has 0 aliphatic rings. The molecule has 7 nitrogen and oxygen atoms in total. The number of aliphatic carboxylic acids is 1. The van der Waals surface area contributed by atoms with E-state index in [0.29, 0.717) is 0 Å². The quantitative estimate of drug-likeness (QED) is 0.710. The molecule has 1 aromatic rings. The Labute approximate surface area is 115 Å². The first-order valence-corrected chi connectivity index (χ1v) is 5.94. The molecule has 3 N–H and O–H groups in total. The molecule has 0 bridgehead atoms. The van der Waals surface area contributed by atoms with Crippen molar-refractivity contribution in [2.75, 3.05) is 13.2 Å². The minimum Gasteiger partial charge on any atom is -0.480 e. The number of ether oxygens (including phenoxy) is 1. The molecular formula is C13H16N2O5. The van der Waals surface area contributed by atoms with Crippen LogP contribution in [-0.2, 0) is 14.3 Å². The first-order chi connectivity index (χ1) is 9.49. The molecule has 0 spiro atoms. The Morgan fingerprint density at radius 3 is 2.45 bits per heavy atom. The maximum atomic E-state index is 11.5. The van der Waals surface area contributed by atoms with Crippen LogP contribution >= 0.6 is 0 Å². The van der Waals surface area contributed by atoms with Gasteiger partial charge in [-0.05, 0) is 12.5 Å². The molecule has 108 valence electrons. The monoisotopic (exact) mass is 280 g/mol. The van der Waals surface area contributed by atoms with E-state index in [1.165, 1.54) is 0 Å². The van der Waals surface area contributed by atoms with Gasteiger partial charge in [-0.3, -0.25) is 10.1 Å². The molecule has 3 amide bonds. The number of nitrogens with one attached hydrogen (secondary N) is 2. The lowest BCUT2D eigenvalue weighted by atomic mass is 10.1. The van der Waals surface area contributed by atoms with E-state index < -0.39 is 31.1 Å². The number of urea groups is 1. The molecule has 0 saturated heterocycles. The smallest absolute Gasteiger partial charge is 0.329 e. The molecule has 0 aromatic heterocycles. The molecule has 1 rings (SSSR count). The van der Waals surface area contributed by atoms with Crippen LogP contribution in [-0.4, -0.2) is 36.2 Å². The topological polar surface area (TPSA) is 105 Å². The summed E-state index contributed by atoms with van der Waals surface area (Å²) in [5.41, 5.74) is 0.900. The second-order valence-electron chi connectivity index (χ2n) is 4.04. The van der Waals surface area contributed by atoms with Gasteiger partial charge in [-0.25, -0.2) is 9.59 Å². The summed E-state index contributed by atoms with van der Waals surface area (Å²) in [7, 11) is 0. The van der Waals surface area contributed by atoms with Crippen molar-refractivity contribution in [2.45, 2.75) is 13.0 Å². The maximum Gasteiger partial charge on any atom is 0.329 e. The summed E-state index contributed by atoms with van der Waals surface area (Å²) in [6.07, 6.45) is 0. The number of imide groups is 1. The average molecular weight is 280 g/mol. The Bertz CT molecular complexity index is 475. The summed E-state index contributed by atoms with van der Waals surface area (Å²) in [5, 5.41) is 12.9. The van der Waals surface area contributed by atoms with Crippen LogP contribution in [0.1, 0.15) is 18.5 Å². The Morgan fingerprint density at radius 2 is 1.85 bits per heavy atom. The molecule has 0 fully saturated rings. The van der Waals surface area contributed by atoms with E-state index in [9.17, 15) is 14.4 Å². The molecule has 7 heteroatoms. The van der Waals surface area contributed by atoms with Crippen LogP contribution in [0.5, 0.6) is 0 Å². The maximum absolute atomic E-state index is 11.5. The Balaban J connectivity index is 2.32. The lowest BCUT2D eigenvalue weighted by Gasteiger charge is -2.14. The second-order valence-corrected chi connectivity index (χ2v) is 4.04. The van der Waals surface area contributed by atoms with Crippen molar-refractivity contribution >= 4 is 17.9 Å². The Kier molecular flexibility index (Phi) is 6.18. The lowest BCUT2D eigenvalue weighted by molar-refractivity contribution is -0.143. The van der Waals surface area contributed by atoms with E-state index in [0.717, 1.165) is 5.56 Å². The summed E-state index contributed by atoms with van der Waals surface area (Å²) in [4.78, 5) is 33.0. The highest BCUT2D eigenvalue weighted by molar-refractivity contribution is 5.95. The largest absolute Gasteiger partial charge is 0.480 e. The number of hydrogen-bond donors (Lipinski definition) is 3. The fourth-order valence-corrected chi connectivity index (χ4v) is 1.45. The molecule has 1 aromatic carbocycles. The minimum atomic E-state index is -1.18. The third-order valence-electron chi connectivity index (χ3n) is 2.36. The van der Waals surface area contributed by atoms with Crippen molar-refractivity contribution in [1.29, 1.82) is 0 Å². The fourth-order valence-electron chi connectivity index (χ4n) is 1.45. The number of hydrogen-bond acceptors (Lipinski definition) is 4. The van der Waals surface area contributed by atoms with Crippen LogP contribution in [0.2, 0.25) is 0 Å². The number of rotatable bonds is 6. The van der Waals surface area contributed by atoms with Crippen LogP contribution in [0.25, 0.3) is 0 Å². The SMILES string of the molecule is CC(NC(=O)NC(=O)COCC(=O)O)c1ccccc1. The highest BCUT2D eigenvalue weighted by Gasteiger charge is 2.12. The highest BCUT2D eigenvalue weighted by Crippen LogP contribution is 2.10. The minimum absolute atomic E-state index is 0.260. The number of amides is 3. The van der Waals surface area contributed by atoms with Crippen molar-refractivity contribution in [3.63, 3.8) is 0 Å². The van der Waals surface area contributed by atoms with E-state index in [4.69, 9.17) is 5.11 Å². The third kappa shape index (κ3) is 5.96. The van der Waals surface area contributed by atoms with Gasteiger partial charge < -0.3 is 15.2 Å². The number of carbonyl (C=O) groups excluding carboxylic acids is 2. The molecule has 1 atom stereocenters. The van der Waals surface area contributed by atoms with Gasteiger partial charge in [0.25, 0.3) is 5.91 Å². The normalized spacial score (nSPS) is 11.4. The summed E-state index contributed by atoms with van der Waals surface area (Å²) in [6.45, 7) is 0.704. The Hall–Kier alpha value is -2.41. The molecule has 0 aliphatic heterocycles. The van der Waals surface area contributed by atoms with E-state index in [1.807, 2.05) is 35.6 Å². The average Bonchev–Trinajstić information content (AvgIpc) is 2.38. The molecular weight excluding hydrogens is 264 g/mol. The zero-order valence-corrected chi connectivity index (χ0v) is 11.0. The van der Waals surface area contributed by atoms with Crippen LogP contribution in [0.4, 0.5) is 4.79 Å². The number of benzene rings is 1. The molecule has 0 heterocycles. The van der Waals surface area contributed by atoms with Crippen LogP contribution in [0, 0.1) is 0 Å². The van der Waals surface area contributed by atoms with E-state index >= 15 is 0 Å².